The third kappa shape index (κ3) is 2.69. The molecule has 1 aromatic carbocycles. The maximum Gasteiger partial charge on any atom is 0.418 e. The van der Waals surface area contributed by atoms with Gasteiger partial charge in [-0.15, -0.1) is 0 Å². The SMILES string of the molecule is CNc1ccc(N2CCNCC2)c(C(F)(F)F)c1. The Kier molecular flexibility index (Phi) is 3.65. The quantitative estimate of drug-likeness (QED) is 0.852. The van der Waals surface area contributed by atoms with Crippen molar-refractivity contribution in [2.45, 2.75) is 6.18 Å². The number of hydrogen-bond donors (Lipinski definition) is 2. The minimum absolute atomic E-state index is 0.267. The van der Waals surface area contributed by atoms with E-state index in [0.717, 1.165) is 6.07 Å². The van der Waals surface area contributed by atoms with Crippen molar-refractivity contribution in [3.8, 4) is 0 Å². The van der Waals surface area contributed by atoms with Crippen molar-refractivity contribution < 1.29 is 13.2 Å². The van der Waals surface area contributed by atoms with Gasteiger partial charge in [-0.25, -0.2) is 0 Å². The Labute approximate surface area is 104 Å². The zero-order valence-corrected chi connectivity index (χ0v) is 10.1. The first-order valence-electron chi connectivity index (χ1n) is 5.87. The summed E-state index contributed by atoms with van der Waals surface area (Å²) in [5.74, 6) is 0. The Morgan fingerprint density at radius 1 is 1.22 bits per heavy atom. The van der Waals surface area contributed by atoms with Gasteiger partial charge in [0, 0.05) is 44.6 Å². The minimum Gasteiger partial charge on any atom is -0.388 e. The second kappa shape index (κ2) is 5.06. The molecule has 0 amide bonds. The highest BCUT2D eigenvalue weighted by molar-refractivity contribution is 5.62. The highest BCUT2D eigenvalue weighted by Crippen LogP contribution is 2.38. The summed E-state index contributed by atoms with van der Waals surface area (Å²) in [5, 5.41) is 5.87. The van der Waals surface area contributed by atoms with Crippen molar-refractivity contribution in [1.82, 2.24) is 5.32 Å². The van der Waals surface area contributed by atoms with E-state index in [2.05, 4.69) is 10.6 Å². The van der Waals surface area contributed by atoms with Gasteiger partial charge in [0.2, 0.25) is 0 Å². The van der Waals surface area contributed by atoms with Gasteiger partial charge in [0.1, 0.15) is 0 Å². The van der Waals surface area contributed by atoms with Crippen LogP contribution >= 0.6 is 0 Å². The van der Waals surface area contributed by atoms with Crippen LogP contribution in [0.4, 0.5) is 24.5 Å². The monoisotopic (exact) mass is 259 g/mol. The predicted octanol–water partition coefficient (Wildman–Crippen LogP) is 2.16. The largest absolute Gasteiger partial charge is 0.418 e. The van der Waals surface area contributed by atoms with E-state index in [1.807, 2.05) is 0 Å². The molecule has 0 spiro atoms. The lowest BCUT2D eigenvalue weighted by Gasteiger charge is -2.31. The van der Waals surface area contributed by atoms with Gasteiger partial charge >= 0.3 is 6.18 Å². The van der Waals surface area contributed by atoms with Crippen LogP contribution in [0.25, 0.3) is 0 Å². The summed E-state index contributed by atoms with van der Waals surface area (Å²) in [6, 6.07) is 4.38. The van der Waals surface area contributed by atoms with Gasteiger partial charge in [-0.2, -0.15) is 13.2 Å². The van der Waals surface area contributed by atoms with Gasteiger partial charge in [-0.1, -0.05) is 0 Å². The molecule has 0 aliphatic carbocycles. The van der Waals surface area contributed by atoms with E-state index in [1.165, 1.54) is 0 Å². The van der Waals surface area contributed by atoms with Crippen molar-refractivity contribution in [1.29, 1.82) is 0 Å². The van der Waals surface area contributed by atoms with Crippen molar-refractivity contribution >= 4 is 11.4 Å². The van der Waals surface area contributed by atoms with E-state index in [4.69, 9.17) is 0 Å². The number of nitrogens with one attached hydrogen (secondary N) is 2. The number of rotatable bonds is 2. The highest BCUT2D eigenvalue weighted by Gasteiger charge is 2.35. The Morgan fingerprint density at radius 2 is 1.89 bits per heavy atom. The summed E-state index contributed by atoms with van der Waals surface area (Å²) in [4.78, 5) is 1.78. The maximum absolute atomic E-state index is 13.0. The maximum atomic E-state index is 13.0. The summed E-state index contributed by atoms with van der Waals surface area (Å²) in [5.41, 5.74) is 0.167. The van der Waals surface area contributed by atoms with Crippen molar-refractivity contribution in [2.75, 3.05) is 43.4 Å². The second-order valence-electron chi connectivity index (χ2n) is 4.22. The third-order valence-corrected chi connectivity index (χ3v) is 3.05. The van der Waals surface area contributed by atoms with E-state index < -0.39 is 11.7 Å². The van der Waals surface area contributed by atoms with Gasteiger partial charge < -0.3 is 15.5 Å². The van der Waals surface area contributed by atoms with Gasteiger partial charge in [0.15, 0.2) is 0 Å². The lowest BCUT2D eigenvalue weighted by Crippen LogP contribution is -2.44. The average Bonchev–Trinajstić information content (AvgIpc) is 2.38. The van der Waals surface area contributed by atoms with Crippen LogP contribution in [0.3, 0.4) is 0 Å². The average molecular weight is 259 g/mol. The molecule has 3 nitrogen and oxygen atoms in total. The molecule has 1 aliphatic heterocycles. The van der Waals surface area contributed by atoms with Crippen LogP contribution in [0.1, 0.15) is 5.56 Å². The second-order valence-corrected chi connectivity index (χ2v) is 4.22. The number of piperazine rings is 1. The molecule has 6 heteroatoms. The zero-order valence-electron chi connectivity index (χ0n) is 10.1. The molecule has 18 heavy (non-hydrogen) atoms. The fourth-order valence-electron chi connectivity index (χ4n) is 2.10. The van der Waals surface area contributed by atoms with Crippen LogP contribution < -0.4 is 15.5 Å². The fraction of sp³-hybridized carbons (Fsp3) is 0.500. The van der Waals surface area contributed by atoms with E-state index in [0.29, 0.717) is 31.9 Å². The topological polar surface area (TPSA) is 27.3 Å². The first-order valence-corrected chi connectivity index (χ1v) is 5.87. The molecule has 2 rings (SSSR count). The molecular weight excluding hydrogens is 243 g/mol. The Bertz CT molecular complexity index is 412. The Balaban J connectivity index is 2.38. The van der Waals surface area contributed by atoms with Crippen molar-refractivity contribution in [3.05, 3.63) is 23.8 Å². The van der Waals surface area contributed by atoms with Gasteiger partial charge in [0.25, 0.3) is 0 Å². The van der Waals surface area contributed by atoms with Crippen molar-refractivity contribution in [3.63, 3.8) is 0 Å². The number of benzene rings is 1. The number of anilines is 2. The molecule has 0 atom stereocenters. The lowest BCUT2D eigenvalue weighted by atomic mass is 10.1. The molecule has 0 bridgehead atoms. The van der Waals surface area contributed by atoms with Crippen LogP contribution in [0.15, 0.2) is 18.2 Å². The van der Waals surface area contributed by atoms with Crippen molar-refractivity contribution in [2.24, 2.45) is 0 Å². The molecule has 1 fully saturated rings. The molecule has 100 valence electrons. The van der Waals surface area contributed by atoms with Crippen LogP contribution in [-0.4, -0.2) is 33.2 Å². The first-order chi connectivity index (χ1) is 8.52. The molecule has 0 unspecified atom stereocenters. The van der Waals surface area contributed by atoms with Gasteiger partial charge in [-0.05, 0) is 18.2 Å². The van der Waals surface area contributed by atoms with Crippen LogP contribution in [0.2, 0.25) is 0 Å². The Hall–Kier alpha value is -1.43. The number of nitrogens with zero attached hydrogens (tertiary/aromatic N) is 1. The number of alkyl halides is 3. The summed E-state index contributed by atoms with van der Waals surface area (Å²) < 4.78 is 39.1. The van der Waals surface area contributed by atoms with E-state index in [1.54, 1.807) is 24.1 Å². The number of hydrogen-bond acceptors (Lipinski definition) is 3. The third-order valence-electron chi connectivity index (χ3n) is 3.05. The summed E-state index contributed by atoms with van der Waals surface area (Å²) in [6.07, 6.45) is -4.33. The van der Waals surface area contributed by atoms with Crippen LogP contribution in [0, 0.1) is 0 Å². The predicted molar refractivity (Wildman–Crippen MR) is 66.1 cm³/mol. The van der Waals surface area contributed by atoms with Crippen LogP contribution in [-0.2, 0) is 6.18 Å². The number of halogens is 3. The zero-order chi connectivity index (χ0) is 13.2. The van der Waals surface area contributed by atoms with Gasteiger partial charge in [0.05, 0.1) is 5.56 Å². The smallest absolute Gasteiger partial charge is 0.388 e. The lowest BCUT2D eigenvalue weighted by molar-refractivity contribution is -0.137. The highest BCUT2D eigenvalue weighted by atomic mass is 19.4. The van der Waals surface area contributed by atoms with E-state index >= 15 is 0 Å². The Morgan fingerprint density at radius 3 is 2.44 bits per heavy atom. The normalized spacial score (nSPS) is 16.8. The van der Waals surface area contributed by atoms with E-state index in [9.17, 15) is 13.2 Å². The summed E-state index contributed by atoms with van der Waals surface area (Å²) >= 11 is 0. The standard InChI is InChI=1S/C12H16F3N3/c1-16-9-2-3-11(10(8-9)12(13,14)15)18-6-4-17-5-7-18/h2-3,8,16-17H,4-7H2,1H3. The first kappa shape index (κ1) is 13.0. The molecule has 2 N–H and O–H groups in total. The van der Waals surface area contributed by atoms with E-state index in [-0.39, 0.29) is 5.69 Å². The molecule has 1 heterocycles. The molecule has 1 aromatic rings. The molecule has 0 aromatic heterocycles. The molecule has 0 saturated carbocycles. The molecular formula is C12H16F3N3. The molecule has 1 aliphatic rings. The molecule has 0 radical (unpaired) electrons. The molecule has 1 saturated heterocycles. The van der Waals surface area contributed by atoms with Crippen LogP contribution in [0.5, 0.6) is 0 Å². The summed E-state index contributed by atoms with van der Waals surface area (Å²) in [7, 11) is 1.61. The fourth-order valence-corrected chi connectivity index (χ4v) is 2.10. The minimum atomic E-state index is -4.33. The summed E-state index contributed by atoms with van der Waals surface area (Å²) in [6.45, 7) is 2.63. The van der Waals surface area contributed by atoms with Gasteiger partial charge in [-0.3, -0.25) is 0 Å².